The zero-order chi connectivity index (χ0) is 9.97. The van der Waals surface area contributed by atoms with E-state index in [1.807, 2.05) is 14.0 Å². The molecule has 0 spiro atoms. The summed E-state index contributed by atoms with van der Waals surface area (Å²) in [5.74, 6) is 0.984. The second kappa shape index (κ2) is 5.64. The molecule has 1 N–H and O–H groups in total. The summed E-state index contributed by atoms with van der Waals surface area (Å²) >= 11 is 1.69. The molecule has 0 unspecified atom stereocenters. The number of thiazole rings is 1. The highest BCUT2D eigenvalue weighted by Gasteiger charge is 2.11. The Balaban J connectivity index is 0.00000112. The van der Waals surface area contributed by atoms with Gasteiger partial charge < -0.3 is 10.2 Å². The molecule has 2 heterocycles. The van der Waals surface area contributed by atoms with E-state index in [4.69, 9.17) is 0 Å². The highest BCUT2D eigenvalue weighted by Crippen LogP contribution is 2.08. The third-order valence-electron chi connectivity index (χ3n) is 2.12. The second-order valence-electron chi connectivity index (χ2n) is 3.36. The number of rotatable bonds is 2. The van der Waals surface area contributed by atoms with Crippen LogP contribution in [0.15, 0.2) is 10.4 Å². The first-order valence-electron chi connectivity index (χ1n) is 4.66. The molecule has 1 aliphatic heterocycles. The molecule has 0 amide bonds. The Morgan fingerprint density at radius 3 is 2.93 bits per heavy atom. The highest BCUT2D eigenvalue weighted by molar-refractivity contribution is 14.0. The fourth-order valence-corrected chi connectivity index (χ4v) is 2.07. The third kappa shape index (κ3) is 3.30. The van der Waals surface area contributed by atoms with Crippen LogP contribution in [-0.2, 0) is 6.54 Å². The van der Waals surface area contributed by atoms with Gasteiger partial charge in [-0.15, -0.1) is 35.3 Å². The normalized spacial score (nSPS) is 14.8. The maximum atomic E-state index is 4.38. The van der Waals surface area contributed by atoms with Crippen molar-refractivity contribution in [3.8, 4) is 0 Å². The molecule has 0 atom stereocenters. The lowest BCUT2D eigenvalue weighted by atomic mass is 10.5. The lowest BCUT2D eigenvalue weighted by Gasteiger charge is -2.14. The van der Waals surface area contributed by atoms with Crippen molar-refractivity contribution in [2.24, 2.45) is 4.99 Å². The van der Waals surface area contributed by atoms with E-state index in [1.54, 1.807) is 11.3 Å². The molecule has 2 rings (SSSR count). The molecule has 0 fully saturated rings. The minimum atomic E-state index is 0. The molecule has 0 bridgehead atoms. The summed E-state index contributed by atoms with van der Waals surface area (Å²) < 4.78 is 0. The van der Waals surface area contributed by atoms with Gasteiger partial charge in [0, 0.05) is 24.7 Å². The minimum absolute atomic E-state index is 0. The topological polar surface area (TPSA) is 40.5 Å². The van der Waals surface area contributed by atoms with Crippen molar-refractivity contribution in [2.45, 2.75) is 13.5 Å². The maximum absolute atomic E-state index is 4.38. The van der Waals surface area contributed by atoms with Crippen molar-refractivity contribution >= 4 is 41.3 Å². The number of aromatic nitrogens is 1. The average Bonchev–Trinajstić information content (AvgIpc) is 2.72. The van der Waals surface area contributed by atoms with Crippen LogP contribution in [0.3, 0.4) is 0 Å². The van der Waals surface area contributed by atoms with Crippen molar-refractivity contribution in [1.82, 2.24) is 15.2 Å². The van der Waals surface area contributed by atoms with Gasteiger partial charge in [-0.25, -0.2) is 4.98 Å². The molecule has 1 aromatic heterocycles. The van der Waals surface area contributed by atoms with E-state index < -0.39 is 0 Å². The molecular formula is C9H15IN4S. The molecule has 0 aromatic carbocycles. The van der Waals surface area contributed by atoms with Crippen molar-refractivity contribution in [3.63, 3.8) is 0 Å². The molecule has 0 saturated heterocycles. The van der Waals surface area contributed by atoms with E-state index in [2.05, 4.69) is 25.6 Å². The van der Waals surface area contributed by atoms with E-state index in [0.717, 1.165) is 36.3 Å². The number of hydrogen-bond acceptors (Lipinski definition) is 5. The van der Waals surface area contributed by atoms with Crippen LogP contribution in [-0.4, -0.2) is 36.0 Å². The predicted octanol–water partition coefficient (Wildman–Crippen LogP) is 1.46. The Hall–Kier alpha value is -0.370. The number of halogens is 1. The van der Waals surface area contributed by atoms with Crippen LogP contribution in [0.5, 0.6) is 0 Å². The van der Waals surface area contributed by atoms with E-state index in [-0.39, 0.29) is 24.0 Å². The van der Waals surface area contributed by atoms with Gasteiger partial charge in [0.15, 0.2) is 5.96 Å². The van der Waals surface area contributed by atoms with Crippen LogP contribution in [0.4, 0.5) is 0 Å². The number of guanidine groups is 1. The van der Waals surface area contributed by atoms with E-state index in [0.29, 0.717) is 0 Å². The van der Waals surface area contributed by atoms with Crippen LogP contribution in [0.25, 0.3) is 0 Å². The Bertz CT molecular complexity index is 350. The Morgan fingerprint density at radius 1 is 1.60 bits per heavy atom. The van der Waals surface area contributed by atoms with E-state index in [9.17, 15) is 0 Å². The molecule has 84 valence electrons. The quantitative estimate of drug-likeness (QED) is 0.830. The second-order valence-corrected chi connectivity index (χ2v) is 4.31. The standard InChI is InChI=1S/C9H14N4S.HI/c1-7-6-14-8(12-7)5-11-9-10-3-4-13(9)2;/h6H,3-5H2,1-2H3,(H,10,11);1H. The molecule has 1 aliphatic rings. The number of likely N-dealkylation sites (N-methyl/N-ethyl adjacent to an activating group) is 1. The zero-order valence-corrected chi connectivity index (χ0v) is 12.0. The van der Waals surface area contributed by atoms with Crippen LogP contribution < -0.4 is 5.32 Å². The van der Waals surface area contributed by atoms with Crippen molar-refractivity contribution in [1.29, 1.82) is 0 Å². The predicted molar refractivity (Wildman–Crippen MR) is 74.0 cm³/mol. The van der Waals surface area contributed by atoms with Crippen molar-refractivity contribution < 1.29 is 0 Å². The summed E-state index contributed by atoms with van der Waals surface area (Å²) in [5, 5.41) is 6.47. The molecule has 6 heteroatoms. The first-order chi connectivity index (χ1) is 6.75. The average molecular weight is 338 g/mol. The lowest BCUT2D eigenvalue weighted by Crippen LogP contribution is -2.35. The maximum Gasteiger partial charge on any atom is 0.194 e. The van der Waals surface area contributed by atoms with Crippen LogP contribution in [0.2, 0.25) is 0 Å². The number of aliphatic imine (C=N–C) groups is 1. The van der Waals surface area contributed by atoms with Gasteiger partial charge in [0.05, 0.1) is 13.1 Å². The van der Waals surface area contributed by atoms with Gasteiger partial charge in [0.25, 0.3) is 0 Å². The number of nitrogens with one attached hydrogen (secondary N) is 1. The largest absolute Gasteiger partial charge is 0.350 e. The third-order valence-corrected chi connectivity index (χ3v) is 3.09. The van der Waals surface area contributed by atoms with Gasteiger partial charge in [0.1, 0.15) is 5.01 Å². The fourth-order valence-electron chi connectivity index (χ4n) is 1.36. The van der Waals surface area contributed by atoms with E-state index in [1.165, 1.54) is 0 Å². The summed E-state index contributed by atoms with van der Waals surface area (Å²) in [6.45, 7) is 4.70. The Morgan fingerprint density at radius 2 is 2.40 bits per heavy atom. The first kappa shape index (κ1) is 12.7. The van der Waals surface area contributed by atoms with Crippen LogP contribution in [0, 0.1) is 6.92 Å². The number of hydrogen-bond donors (Lipinski definition) is 1. The molecule has 0 aliphatic carbocycles. The fraction of sp³-hybridized carbons (Fsp3) is 0.556. The van der Waals surface area contributed by atoms with Gasteiger partial charge >= 0.3 is 0 Å². The number of nitrogens with zero attached hydrogens (tertiary/aromatic N) is 3. The molecule has 0 radical (unpaired) electrons. The number of aryl methyl sites for hydroxylation is 1. The summed E-state index contributed by atoms with van der Waals surface area (Å²) in [7, 11) is 2.05. The molecule has 0 saturated carbocycles. The Kier molecular flexibility index (Phi) is 4.78. The summed E-state index contributed by atoms with van der Waals surface area (Å²) in [6.07, 6.45) is 0. The van der Waals surface area contributed by atoms with Gasteiger partial charge in [-0.3, -0.25) is 4.99 Å². The molecule has 15 heavy (non-hydrogen) atoms. The SMILES string of the molecule is Cc1csc(CNC2=NCCN2C)n1.I. The lowest BCUT2D eigenvalue weighted by molar-refractivity contribution is 0.534. The van der Waals surface area contributed by atoms with E-state index >= 15 is 0 Å². The summed E-state index contributed by atoms with van der Waals surface area (Å²) in [4.78, 5) is 10.9. The highest BCUT2D eigenvalue weighted by atomic mass is 127. The van der Waals surface area contributed by atoms with Gasteiger partial charge in [-0.1, -0.05) is 0 Å². The Labute approximate surface area is 111 Å². The van der Waals surface area contributed by atoms with Gasteiger partial charge in [-0.05, 0) is 6.92 Å². The van der Waals surface area contributed by atoms with Gasteiger partial charge in [0.2, 0.25) is 0 Å². The first-order valence-corrected chi connectivity index (χ1v) is 5.54. The molecule has 4 nitrogen and oxygen atoms in total. The summed E-state index contributed by atoms with van der Waals surface area (Å²) in [5.41, 5.74) is 1.09. The molecular weight excluding hydrogens is 323 g/mol. The van der Waals surface area contributed by atoms with Gasteiger partial charge in [-0.2, -0.15) is 0 Å². The smallest absolute Gasteiger partial charge is 0.194 e. The summed E-state index contributed by atoms with van der Waals surface area (Å²) in [6, 6.07) is 0. The monoisotopic (exact) mass is 338 g/mol. The zero-order valence-electron chi connectivity index (χ0n) is 8.86. The van der Waals surface area contributed by atoms with Crippen LogP contribution >= 0.6 is 35.3 Å². The van der Waals surface area contributed by atoms with Crippen molar-refractivity contribution in [2.75, 3.05) is 20.1 Å². The molecule has 1 aromatic rings. The van der Waals surface area contributed by atoms with Crippen molar-refractivity contribution in [3.05, 3.63) is 16.1 Å². The minimum Gasteiger partial charge on any atom is -0.350 e. The van der Waals surface area contributed by atoms with Crippen LogP contribution in [0.1, 0.15) is 10.7 Å².